The van der Waals surface area contributed by atoms with Gasteiger partial charge in [-0.2, -0.15) is 16.6 Å². The smallest absolute Gasteiger partial charge is 0.242 e. The minimum atomic E-state index is -3.63. The van der Waals surface area contributed by atoms with Crippen molar-refractivity contribution in [1.82, 2.24) is 9.71 Å². The van der Waals surface area contributed by atoms with Crippen molar-refractivity contribution in [3.8, 4) is 6.07 Å². The van der Waals surface area contributed by atoms with Crippen LogP contribution in [0.2, 0.25) is 0 Å². The summed E-state index contributed by atoms with van der Waals surface area (Å²) in [5.74, 6) is 0. The Morgan fingerprint density at radius 2 is 2.21 bits per heavy atom. The van der Waals surface area contributed by atoms with Gasteiger partial charge in [-0.05, 0) is 41.4 Å². The SMILES string of the molecule is CC(NS(=O)(=O)c1ccc(C#N)nc1)c1ccsc1. The van der Waals surface area contributed by atoms with Crippen molar-refractivity contribution in [3.63, 3.8) is 0 Å². The van der Waals surface area contributed by atoms with E-state index in [4.69, 9.17) is 5.26 Å². The molecule has 2 aromatic heterocycles. The number of aromatic nitrogens is 1. The van der Waals surface area contributed by atoms with Gasteiger partial charge in [0.1, 0.15) is 16.7 Å². The van der Waals surface area contributed by atoms with Crippen LogP contribution in [0.3, 0.4) is 0 Å². The predicted octanol–water partition coefficient (Wildman–Crippen LogP) is 2.05. The van der Waals surface area contributed by atoms with Crippen LogP contribution in [-0.2, 0) is 10.0 Å². The molecule has 0 radical (unpaired) electrons. The second kappa shape index (κ2) is 5.48. The molecule has 2 aromatic rings. The van der Waals surface area contributed by atoms with Crippen LogP contribution >= 0.6 is 11.3 Å². The molecule has 0 aliphatic carbocycles. The number of rotatable bonds is 4. The molecule has 0 aliphatic rings. The third-order valence-corrected chi connectivity index (χ3v) is 4.76. The van der Waals surface area contributed by atoms with Crippen molar-refractivity contribution >= 4 is 21.4 Å². The zero-order valence-electron chi connectivity index (χ0n) is 10.1. The molecule has 0 bridgehead atoms. The second-order valence-corrected chi connectivity index (χ2v) is 6.38. The number of hydrogen-bond acceptors (Lipinski definition) is 5. The highest BCUT2D eigenvalue weighted by molar-refractivity contribution is 7.89. The minimum Gasteiger partial charge on any atom is -0.244 e. The van der Waals surface area contributed by atoms with Gasteiger partial charge < -0.3 is 0 Å². The summed E-state index contributed by atoms with van der Waals surface area (Å²) in [6.07, 6.45) is 1.18. The number of nitrogens with zero attached hydrogens (tertiary/aromatic N) is 2. The molecule has 0 fully saturated rings. The van der Waals surface area contributed by atoms with Crippen molar-refractivity contribution in [2.45, 2.75) is 17.9 Å². The van der Waals surface area contributed by atoms with Gasteiger partial charge in [-0.15, -0.1) is 0 Å². The van der Waals surface area contributed by atoms with Gasteiger partial charge in [-0.25, -0.2) is 18.1 Å². The van der Waals surface area contributed by atoms with Gasteiger partial charge in [0.2, 0.25) is 10.0 Å². The Bertz CT molecular complexity index is 686. The first kappa shape index (κ1) is 13.7. The van der Waals surface area contributed by atoms with E-state index in [2.05, 4.69) is 9.71 Å². The van der Waals surface area contributed by atoms with Crippen LogP contribution < -0.4 is 4.72 Å². The summed E-state index contributed by atoms with van der Waals surface area (Å²) in [6.45, 7) is 1.77. The molecule has 19 heavy (non-hydrogen) atoms. The van der Waals surface area contributed by atoms with Crippen LogP contribution in [0.4, 0.5) is 0 Å². The van der Waals surface area contributed by atoms with Crippen molar-refractivity contribution in [2.75, 3.05) is 0 Å². The van der Waals surface area contributed by atoms with E-state index >= 15 is 0 Å². The fourth-order valence-electron chi connectivity index (χ4n) is 1.50. The second-order valence-electron chi connectivity index (χ2n) is 3.89. The van der Waals surface area contributed by atoms with Crippen LogP contribution in [-0.4, -0.2) is 13.4 Å². The van der Waals surface area contributed by atoms with Crippen molar-refractivity contribution < 1.29 is 8.42 Å². The normalized spacial score (nSPS) is 12.8. The van der Waals surface area contributed by atoms with E-state index in [1.165, 1.54) is 29.7 Å². The Kier molecular flexibility index (Phi) is 3.95. The average molecular weight is 293 g/mol. The molecule has 0 spiro atoms. The summed E-state index contributed by atoms with van der Waals surface area (Å²) in [6, 6.07) is 6.15. The van der Waals surface area contributed by atoms with E-state index in [1.807, 2.05) is 22.9 Å². The lowest BCUT2D eigenvalue weighted by Crippen LogP contribution is -2.26. The molecule has 2 heterocycles. The first-order valence-corrected chi connectivity index (χ1v) is 7.86. The Balaban J connectivity index is 2.20. The maximum absolute atomic E-state index is 12.1. The Morgan fingerprint density at radius 1 is 1.42 bits per heavy atom. The zero-order chi connectivity index (χ0) is 13.9. The molecular weight excluding hydrogens is 282 g/mol. The summed E-state index contributed by atoms with van der Waals surface area (Å²) in [4.78, 5) is 3.80. The summed E-state index contributed by atoms with van der Waals surface area (Å²) >= 11 is 1.51. The summed E-state index contributed by atoms with van der Waals surface area (Å²) in [7, 11) is -3.63. The first-order valence-electron chi connectivity index (χ1n) is 5.43. The molecule has 0 saturated heterocycles. The molecule has 98 valence electrons. The number of hydrogen-bond donors (Lipinski definition) is 1. The lowest BCUT2D eigenvalue weighted by atomic mass is 10.2. The highest BCUT2D eigenvalue weighted by atomic mass is 32.2. The average Bonchev–Trinajstić information content (AvgIpc) is 2.92. The van der Waals surface area contributed by atoms with Gasteiger partial charge in [0, 0.05) is 12.2 Å². The molecule has 0 aromatic carbocycles. The van der Waals surface area contributed by atoms with Crippen molar-refractivity contribution in [3.05, 3.63) is 46.4 Å². The van der Waals surface area contributed by atoms with Crippen molar-refractivity contribution in [2.24, 2.45) is 0 Å². The fourth-order valence-corrected chi connectivity index (χ4v) is 3.43. The van der Waals surface area contributed by atoms with E-state index < -0.39 is 10.0 Å². The molecule has 2 rings (SSSR count). The summed E-state index contributed by atoms with van der Waals surface area (Å²) < 4.78 is 26.8. The van der Waals surface area contributed by atoms with Crippen LogP contribution in [0.15, 0.2) is 40.1 Å². The number of thiophene rings is 1. The molecule has 1 atom stereocenters. The lowest BCUT2D eigenvalue weighted by molar-refractivity contribution is 0.567. The van der Waals surface area contributed by atoms with Crippen LogP contribution in [0.5, 0.6) is 0 Å². The molecular formula is C12H11N3O2S2. The van der Waals surface area contributed by atoms with Crippen LogP contribution in [0, 0.1) is 11.3 Å². The third kappa shape index (κ3) is 3.17. The molecule has 1 unspecified atom stereocenters. The van der Waals surface area contributed by atoms with E-state index in [-0.39, 0.29) is 16.6 Å². The molecule has 5 nitrogen and oxygen atoms in total. The first-order chi connectivity index (χ1) is 9.03. The van der Waals surface area contributed by atoms with Gasteiger partial charge in [0.25, 0.3) is 0 Å². The summed E-state index contributed by atoms with van der Waals surface area (Å²) in [5.41, 5.74) is 1.10. The van der Waals surface area contributed by atoms with Crippen LogP contribution in [0.1, 0.15) is 24.2 Å². The van der Waals surface area contributed by atoms with Gasteiger partial charge in [-0.3, -0.25) is 0 Å². The topological polar surface area (TPSA) is 82.9 Å². The Morgan fingerprint density at radius 3 is 2.74 bits per heavy atom. The highest BCUT2D eigenvalue weighted by Crippen LogP contribution is 2.18. The number of nitriles is 1. The molecule has 1 N–H and O–H groups in total. The minimum absolute atomic E-state index is 0.0496. The molecule has 0 amide bonds. The standard InChI is InChI=1S/C12H11N3O2S2/c1-9(10-4-5-18-8-10)15-19(16,17)12-3-2-11(6-13)14-7-12/h2-5,7-9,15H,1H3. The van der Waals surface area contributed by atoms with Crippen LogP contribution in [0.25, 0.3) is 0 Å². The van der Waals surface area contributed by atoms with Crippen molar-refractivity contribution in [1.29, 1.82) is 5.26 Å². The predicted molar refractivity (Wildman–Crippen MR) is 72.0 cm³/mol. The third-order valence-electron chi connectivity index (χ3n) is 2.54. The number of nitrogens with one attached hydrogen (secondary N) is 1. The maximum Gasteiger partial charge on any atom is 0.242 e. The fraction of sp³-hybridized carbons (Fsp3) is 0.167. The molecule has 0 saturated carbocycles. The zero-order valence-corrected chi connectivity index (χ0v) is 11.7. The number of pyridine rings is 1. The van der Waals surface area contributed by atoms with Gasteiger partial charge >= 0.3 is 0 Å². The lowest BCUT2D eigenvalue weighted by Gasteiger charge is -2.12. The maximum atomic E-state index is 12.1. The monoisotopic (exact) mass is 293 g/mol. The summed E-state index contributed by atoms with van der Waals surface area (Å²) in [5, 5.41) is 12.4. The van der Waals surface area contributed by atoms with Gasteiger partial charge in [-0.1, -0.05) is 0 Å². The highest BCUT2D eigenvalue weighted by Gasteiger charge is 2.18. The Labute approximate surface area is 115 Å². The molecule has 7 heteroatoms. The van der Waals surface area contributed by atoms with E-state index in [1.54, 1.807) is 6.92 Å². The van der Waals surface area contributed by atoms with E-state index in [0.717, 1.165) is 5.56 Å². The molecule has 0 aliphatic heterocycles. The van der Waals surface area contributed by atoms with E-state index in [0.29, 0.717) is 0 Å². The largest absolute Gasteiger partial charge is 0.244 e. The Hall–Kier alpha value is -1.75. The quantitative estimate of drug-likeness (QED) is 0.935. The van der Waals surface area contributed by atoms with Gasteiger partial charge in [0.05, 0.1) is 0 Å². The number of sulfonamides is 1. The van der Waals surface area contributed by atoms with Gasteiger partial charge in [0.15, 0.2) is 0 Å². The van der Waals surface area contributed by atoms with E-state index in [9.17, 15) is 8.42 Å².